The quantitative estimate of drug-likeness (QED) is 0.870. The molecule has 0 bridgehead atoms. The van der Waals surface area contributed by atoms with E-state index in [-0.39, 0.29) is 0 Å². The van der Waals surface area contributed by atoms with Gasteiger partial charge in [0.05, 0.1) is 11.6 Å². The second-order valence-electron chi connectivity index (χ2n) is 5.68. The van der Waals surface area contributed by atoms with E-state index in [2.05, 4.69) is 11.2 Å². The molecule has 0 N–H and O–H groups in total. The lowest BCUT2D eigenvalue weighted by molar-refractivity contribution is 0.0511. The lowest BCUT2D eigenvalue weighted by Gasteiger charge is -2.18. The number of benzene rings is 1. The van der Waals surface area contributed by atoms with E-state index in [1.165, 1.54) is 6.20 Å². The van der Waals surface area contributed by atoms with Crippen LogP contribution < -0.4 is 4.74 Å². The Labute approximate surface area is 128 Å². The Morgan fingerprint density at radius 3 is 2.55 bits per heavy atom. The highest BCUT2D eigenvalue weighted by Crippen LogP contribution is 2.13. The van der Waals surface area contributed by atoms with Crippen molar-refractivity contribution in [2.45, 2.75) is 33.0 Å². The Balaban J connectivity index is 1.94. The van der Waals surface area contributed by atoms with E-state index in [9.17, 15) is 4.79 Å². The van der Waals surface area contributed by atoms with Crippen molar-refractivity contribution >= 4 is 6.09 Å². The number of rotatable bonds is 3. The molecule has 2 rings (SSSR count). The lowest BCUT2D eigenvalue weighted by atomic mass is 10.2. The van der Waals surface area contributed by atoms with E-state index in [4.69, 9.17) is 14.7 Å². The number of hydrogen-bond donors (Lipinski definition) is 0. The van der Waals surface area contributed by atoms with Crippen molar-refractivity contribution in [1.82, 2.24) is 9.78 Å². The summed E-state index contributed by atoms with van der Waals surface area (Å²) in [6, 6.07) is 10.7. The number of nitrogens with zero attached hydrogens (tertiary/aromatic N) is 3. The maximum Gasteiger partial charge on any atom is 0.435 e. The second kappa shape index (κ2) is 6.31. The minimum atomic E-state index is -0.577. The summed E-state index contributed by atoms with van der Waals surface area (Å²) < 4.78 is 11.8. The van der Waals surface area contributed by atoms with Crippen molar-refractivity contribution in [2.75, 3.05) is 0 Å². The molecule has 22 heavy (non-hydrogen) atoms. The van der Waals surface area contributed by atoms with Gasteiger partial charge in [0.1, 0.15) is 12.2 Å². The third kappa shape index (κ3) is 4.35. The number of hydrogen-bond acceptors (Lipinski definition) is 5. The molecule has 1 heterocycles. The van der Waals surface area contributed by atoms with Crippen molar-refractivity contribution in [1.29, 1.82) is 5.26 Å². The molecule has 0 spiro atoms. The molecule has 0 saturated carbocycles. The van der Waals surface area contributed by atoms with Gasteiger partial charge >= 0.3 is 6.09 Å². The molecule has 0 aliphatic rings. The molecule has 0 aliphatic heterocycles. The maximum atomic E-state index is 11.8. The summed E-state index contributed by atoms with van der Waals surface area (Å²) >= 11 is 0. The number of ether oxygens (including phenoxy) is 2. The van der Waals surface area contributed by atoms with Crippen LogP contribution in [-0.4, -0.2) is 21.5 Å². The summed E-state index contributed by atoms with van der Waals surface area (Å²) in [7, 11) is 0. The Morgan fingerprint density at radius 2 is 1.95 bits per heavy atom. The summed E-state index contributed by atoms with van der Waals surface area (Å²) in [6.07, 6.45) is 0.933. The van der Waals surface area contributed by atoms with Gasteiger partial charge in [-0.05, 0) is 38.5 Å². The average Bonchev–Trinajstić information content (AvgIpc) is 2.93. The molecular formula is C16H17N3O3. The Hall–Kier alpha value is -2.81. The van der Waals surface area contributed by atoms with Gasteiger partial charge < -0.3 is 9.47 Å². The SMILES string of the molecule is CC(C)(C)OC(=O)n1ccc(OCc2ccc(C#N)cc2)n1. The number of carbonyl (C=O) groups excluding carboxylic acids is 1. The van der Waals surface area contributed by atoms with Gasteiger partial charge in [-0.1, -0.05) is 12.1 Å². The van der Waals surface area contributed by atoms with Crippen LogP contribution in [-0.2, 0) is 11.3 Å². The van der Waals surface area contributed by atoms with E-state index < -0.39 is 11.7 Å². The van der Waals surface area contributed by atoms with Crippen molar-refractivity contribution in [3.63, 3.8) is 0 Å². The predicted molar refractivity (Wildman–Crippen MR) is 79.3 cm³/mol. The van der Waals surface area contributed by atoms with Gasteiger partial charge in [0, 0.05) is 12.3 Å². The highest BCUT2D eigenvalue weighted by atomic mass is 16.6. The normalized spacial score (nSPS) is 10.8. The van der Waals surface area contributed by atoms with E-state index >= 15 is 0 Å². The molecule has 0 fully saturated rings. The zero-order chi connectivity index (χ0) is 16.2. The molecule has 1 aromatic heterocycles. The zero-order valence-electron chi connectivity index (χ0n) is 12.7. The molecule has 0 unspecified atom stereocenters. The van der Waals surface area contributed by atoms with E-state index in [0.29, 0.717) is 18.1 Å². The van der Waals surface area contributed by atoms with E-state index in [1.807, 2.05) is 12.1 Å². The van der Waals surface area contributed by atoms with E-state index in [1.54, 1.807) is 39.0 Å². The second-order valence-corrected chi connectivity index (χ2v) is 5.68. The van der Waals surface area contributed by atoms with Crippen molar-refractivity contribution in [3.8, 4) is 11.9 Å². The summed E-state index contributed by atoms with van der Waals surface area (Å²) in [4.78, 5) is 11.8. The third-order valence-electron chi connectivity index (χ3n) is 2.61. The molecule has 6 nitrogen and oxygen atoms in total. The standard InChI is InChI=1S/C16H17N3O3/c1-16(2,3)22-15(20)19-9-8-14(18-19)21-11-13-6-4-12(10-17)5-7-13/h4-9H,11H2,1-3H3. The first-order chi connectivity index (χ1) is 10.4. The van der Waals surface area contributed by atoms with Crippen LogP contribution in [0.2, 0.25) is 0 Å². The Kier molecular flexibility index (Phi) is 4.47. The van der Waals surface area contributed by atoms with Crippen LogP contribution in [0.1, 0.15) is 31.9 Å². The maximum absolute atomic E-state index is 11.8. The Bertz CT molecular complexity index is 691. The molecule has 0 amide bonds. The van der Waals surface area contributed by atoms with Crippen LogP contribution in [0.5, 0.6) is 5.88 Å². The fourth-order valence-electron chi connectivity index (χ4n) is 1.63. The largest absolute Gasteiger partial charge is 0.472 e. The number of aromatic nitrogens is 2. The third-order valence-corrected chi connectivity index (χ3v) is 2.61. The molecule has 2 aromatic rings. The van der Waals surface area contributed by atoms with Crippen molar-refractivity contribution in [2.24, 2.45) is 0 Å². The lowest BCUT2D eigenvalue weighted by Crippen LogP contribution is -2.27. The Morgan fingerprint density at radius 1 is 1.27 bits per heavy atom. The highest BCUT2D eigenvalue weighted by Gasteiger charge is 2.18. The first-order valence-electron chi connectivity index (χ1n) is 6.78. The van der Waals surface area contributed by atoms with Crippen LogP contribution in [0.25, 0.3) is 0 Å². The number of carbonyl (C=O) groups is 1. The highest BCUT2D eigenvalue weighted by molar-refractivity contribution is 5.69. The summed E-state index contributed by atoms with van der Waals surface area (Å²) in [5, 5.41) is 12.7. The summed E-state index contributed by atoms with van der Waals surface area (Å²) in [5.74, 6) is 0.329. The van der Waals surface area contributed by atoms with Gasteiger partial charge in [0.25, 0.3) is 0 Å². The molecule has 1 aromatic carbocycles. The van der Waals surface area contributed by atoms with Crippen LogP contribution in [0.15, 0.2) is 36.5 Å². The van der Waals surface area contributed by atoms with Gasteiger partial charge in [-0.15, -0.1) is 5.10 Å². The summed E-state index contributed by atoms with van der Waals surface area (Å²) in [5.41, 5.74) is 0.927. The van der Waals surface area contributed by atoms with Crippen LogP contribution in [0.3, 0.4) is 0 Å². The minimum absolute atomic E-state index is 0.303. The van der Waals surface area contributed by atoms with E-state index in [0.717, 1.165) is 10.2 Å². The minimum Gasteiger partial charge on any atom is -0.472 e. The van der Waals surface area contributed by atoms with Crippen LogP contribution in [0, 0.1) is 11.3 Å². The molecule has 0 radical (unpaired) electrons. The smallest absolute Gasteiger partial charge is 0.435 e. The van der Waals surface area contributed by atoms with Gasteiger partial charge in [-0.25, -0.2) is 4.79 Å². The topological polar surface area (TPSA) is 77.1 Å². The first-order valence-corrected chi connectivity index (χ1v) is 6.78. The van der Waals surface area contributed by atoms with Crippen molar-refractivity contribution in [3.05, 3.63) is 47.7 Å². The monoisotopic (exact) mass is 299 g/mol. The van der Waals surface area contributed by atoms with Crippen LogP contribution >= 0.6 is 0 Å². The van der Waals surface area contributed by atoms with Gasteiger partial charge in [0.2, 0.25) is 5.88 Å². The number of nitriles is 1. The van der Waals surface area contributed by atoms with Crippen LogP contribution in [0.4, 0.5) is 4.79 Å². The van der Waals surface area contributed by atoms with Gasteiger partial charge in [-0.3, -0.25) is 0 Å². The van der Waals surface area contributed by atoms with Gasteiger partial charge in [-0.2, -0.15) is 9.94 Å². The molecule has 6 heteroatoms. The molecule has 0 saturated heterocycles. The molecule has 114 valence electrons. The fourth-order valence-corrected chi connectivity index (χ4v) is 1.63. The average molecular weight is 299 g/mol. The molecular weight excluding hydrogens is 282 g/mol. The molecule has 0 aliphatic carbocycles. The fraction of sp³-hybridized carbons (Fsp3) is 0.312. The zero-order valence-corrected chi connectivity index (χ0v) is 12.7. The first kappa shape index (κ1) is 15.6. The molecule has 0 atom stereocenters. The predicted octanol–water partition coefficient (Wildman–Crippen LogP) is 3.12. The van der Waals surface area contributed by atoms with Gasteiger partial charge in [0.15, 0.2) is 0 Å². The summed E-state index contributed by atoms with van der Waals surface area (Å²) in [6.45, 7) is 5.67. The van der Waals surface area contributed by atoms with Crippen molar-refractivity contribution < 1.29 is 14.3 Å².